The number of hydrogen-bond donors (Lipinski definition) is 0. The van der Waals surface area contributed by atoms with E-state index in [4.69, 9.17) is 9.97 Å². The number of aromatic nitrogens is 3. The zero-order valence-corrected chi connectivity index (χ0v) is 31.2. The lowest BCUT2D eigenvalue weighted by Gasteiger charge is -2.21. The highest BCUT2D eigenvalue weighted by atomic mass is 15.2. The van der Waals surface area contributed by atoms with Crippen molar-refractivity contribution >= 4 is 121 Å². The minimum Gasteiger partial charge on any atom is -0.278 e. The molecule has 0 amide bonds. The predicted octanol–water partition coefficient (Wildman–Crippen LogP) is 3.33. The summed E-state index contributed by atoms with van der Waals surface area (Å²) < 4.78 is 2.28. The second-order valence-corrected chi connectivity index (χ2v) is 14.8. The summed E-state index contributed by atoms with van der Waals surface area (Å²) in [4.78, 5) is 11.0. The van der Waals surface area contributed by atoms with Gasteiger partial charge in [-0.05, 0) is 74.1 Å². The lowest BCUT2D eigenvalue weighted by atomic mass is 9.59. The number of benzene rings is 8. The first-order valence-electron chi connectivity index (χ1n) is 18.8. The third-order valence-corrected chi connectivity index (χ3v) is 12.0. The maximum Gasteiger partial charge on any atom is 0.235 e. The van der Waals surface area contributed by atoms with E-state index in [1.54, 1.807) is 0 Å². The van der Waals surface area contributed by atoms with Crippen molar-refractivity contribution in [2.24, 2.45) is 0 Å². The molecule has 0 spiro atoms. The molecule has 2 aromatic heterocycles. The number of nitrogens with zero attached hydrogens (tertiary/aromatic N) is 3. The van der Waals surface area contributed by atoms with Crippen molar-refractivity contribution in [3.63, 3.8) is 0 Å². The molecular formula is C46H34B5N3. The molecule has 8 heteroatoms. The molecule has 54 heavy (non-hydrogen) atoms. The van der Waals surface area contributed by atoms with Crippen molar-refractivity contribution in [3.05, 3.63) is 146 Å². The van der Waals surface area contributed by atoms with E-state index in [0.717, 1.165) is 33.2 Å². The quantitative estimate of drug-likeness (QED) is 0.267. The van der Waals surface area contributed by atoms with Crippen LogP contribution in [-0.4, -0.2) is 53.8 Å². The van der Waals surface area contributed by atoms with Crippen molar-refractivity contribution in [1.82, 2.24) is 14.5 Å². The van der Waals surface area contributed by atoms with Gasteiger partial charge in [0.25, 0.3) is 0 Å². The fourth-order valence-electron chi connectivity index (χ4n) is 8.66. The number of hydrogen-bond acceptors (Lipinski definition) is 2. The lowest BCUT2D eigenvalue weighted by Crippen LogP contribution is -2.55. The summed E-state index contributed by atoms with van der Waals surface area (Å²) in [6.07, 6.45) is 0. The van der Waals surface area contributed by atoms with Crippen LogP contribution in [0.25, 0.3) is 93.7 Å². The molecule has 2 heterocycles. The van der Waals surface area contributed by atoms with Gasteiger partial charge in [0, 0.05) is 21.7 Å². The summed E-state index contributed by atoms with van der Waals surface area (Å²) in [7, 11) is 11.2. The highest BCUT2D eigenvalue weighted by molar-refractivity contribution is 6.68. The smallest absolute Gasteiger partial charge is 0.235 e. The maximum absolute atomic E-state index is 5.56. The summed E-state index contributed by atoms with van der Waals surface area (Å²) in [5, 5.41) is 8.31. The highest BCUT2D eigenvalue weighted by Gasteiger charge is 2.21. The van der Waals surface area contributed by atoms with Crippen LogP contribution in [0.4, 0.5) is 0 Å². The van der Waals surface area contributed by atoms with Crippen LogP contribution in [0.5, 0.6) is 0 Å². The van der Waals surface area contributed by atoms with Gasteiger partial charge < -0.3 is 0 Å². The molecule has 10 rings (SSSR count). The zero-order chi connectivity index (χ0) is 36.7. The fraction of sp³-hybridized carbons (Fsp3) is 0. The van der Waals surface area contributed by atoms with E-state index in [9.17, 15) is 0 Å². The molecule has 0 unspecified atom stereocenters. The second kappa shape index (κ2) is 12.4. The molecule has 0 aliphatic heterocycles. The Hall–Kier alpha value is -6.26. The first kappa shape index (κ1) is 32.4. The van der Waals surface area contributed by atoms with E-state index in [1.807, 2.05) is 0 Å². The molecule has 0 aliphatic rings. The van der Waals surface area contributed by atoms with Gasteiger partial charge >= 0.3 is 0 Å². The molecule has 248 valence electrons. The zero-order valence-electron chi connectivity index (χ0n) is 31.2. The van der Waals surface area contributed by atoms with Crippen LogP contribution >= 0.6 is 0 Å². The van der Waals surface area contributed by atoms with Gasteiger partial charge in [0.05, 0.1) is 22.2 Å². The standard InChI is InChI=1S/C46H34B5N3/c47-40-38(41(48)43(50)44(51)42(40)49)31-18-20-35-33(23-31)45(28-16-14-26(15-17-28)25-8-2-1-3-9-25)53-46(52-35)54-36-21-19-27-10-6-7-13-32(27)39(36)34-22-29-11-4-5-12-30(29)24-37(34)54/h1-24H,47-51H2. The van der Waals surface area contributed by atoms with Crippen LogP contribution in [0.1, 0.15) is 0 Å². The molecule has 3 nitrogen and oxygen atoms in total. The number of fused-ring (bicyclic) bond motifs is 7. The third kappa shape index (κ3) is 4.97. The Labute approximate surface area is 319 Å². The Bertz CT molecular complexity index is 3130. The minimum atomic E-state index is 0.664. The third-order valence-electron chi connectivity index (χ3n) is 12.0. The van der Waals surface area contributed by atoms with Gasteiger partial charge in [-0.3, -0.25) is 4.57 Å². The molecule has 0 saturated carbocycles. The van der Waals surface area contributed by atoms with Crippen molar-refractivity contribution in [1.29, 1.82) is 0 Å². The Morgan fingerprint density at radius 3 is 1.72 bits per heavy atom. The molecule has 0 atom stereocenters. The first-order valence-corrected chi connectivity index (χ1v) is 18.8. The molecule has 0 fully saturated rings. The van der Waals surface area contributed by atoms with Crippen LogP contribution < -0.4 is 27.3 Å². The summed E-state index contributed by atoms with van der Waals surface area (Å²) in [5.41, 5.74) is 16.7. The topological polar surface area (TPSA) is 30.7 Å². The summed E-state index contributed by atoms with van der Waals surface area (Å²) in [6.45, 7) is 0. The van der Waals surface area contributed by atoms with Crippen LogP contribution in [0.15, 0.2) is 146 Å². The molecule has 0 bridgehead atoms. The average molecular weight is 683 g/mol. The maximum atomic E-state index is 5.56. The molecule has 0 aliphatic carbocycles. The van der Waals surface area contributed by atoms with E-state index >= 15 is 0 Å². The van der Waals surface area contributed by atoms with Crippen LogP contribution in [0.3, 0.4) is 0 Å². The Morgan fingerprint density at radius 2 is 0.981 bits per heavy atom. The fourth-order valence-corrected chi connectivity index (χ4v) is 8.66. The van der Waals surface area contributed by atoms with E-state index in [-0.39, 0.29) is 0 Å². The first-order chi connectivity index (χ1) is 26.4. The lowest BCUT2D eigenvalue weighted by molar-refractivity contribution is 1.01. The molecular weight excluding hydrogens is 649 g/mol. The summed E-state index contributed by atoms with van der Waals surface area (Å²) in [5.74, 6) is 0.664. The van der Waals surface area contributed by atoms with Crippen LogP contribution in [-0.2, 0) is 0 Å². The van der Waals surface area contributed by atoms with Crippen LogP contribution in [0.2, 0.25) is 0 Å². The Kier molecular flexibility index (Phi) is 7.45. The van der Waals surface area contributed by atoms with Gasteiger partial charge in [-0.2, -0.15) is 0 Å². The van der Waals surface area contributed by atoms with Gasteiger partial charge in [-0.1, -0.05) is 126 Å². The van der Waals surface area contributed by atoms with Crippen molar-refractivity contribution in [3.8, 4) is 39.5 Å². The van der Waals surface area contributed by atoms with E-state index < -0.39 is 0 Å². The highest BCUT2D eigenvalue weighted by Crippen LogP contribution is 2.39. The van der Waals surface area contributed by atoms with E-state index in [0.29, 0.717) is 5.95 Å². The van der Waals surface area contributed by atoms with Crippen molar-refractivity contribution in [2.75, 3.05) is 0 Å². The van der Waals surface area contributed by atoms with E-state index in [1.165, 1.54) is 81.9 Å². The Morgan fingerprint density at radius 1 is 0.389 bits per heavy atom. The van der Waals surface area contributed by atoms with Gasteiger partial charge in [0.15, 0.2) is 0 Å². The minimum absolute atomic E-state index is 0.664. The number of rotatable bonds is 4. The predicted molar refractivity (Wildman–Crippen MR) is 246 cm³/mol. The monoisotopic (exact) mass is 683 g/mol. The SMILES string of the molecule is Bc1c(B)c(B)c(-c2ccc3nc(-n4c5cc6ccccc6cc5c5c6ccccc6ccc54)nc(-c4ccc(-c5ccccc5)cc4)c3c2)c(B)c1B. The van der Waals surface area contributed by atoms with Gasteiger partial charge in [-0.15, -0.1) is 16.4 Å². The van der Waals surface area contributed by atoms with Crippen LogP contribution in [0, 0.1) is 0 Å². The van der Waals surface area contributed by atoms with Crippen molar-refractivity contribution in [2.45, 2.75) is 0 Å². The largest absolute Gasteiger partial charge is 0.278 e. The Balaban J connectivity index is 1.28. The molecule has 8 aromatic carbocycles. The van der Waals surface area contributed by atoms with E-state index in [2.05, 4.69) is 189 Å². The summed E-state index contributed by atoms with van der Waals surface area (Å²) >= 11 is 0. The van der Waals surface area contributed by atoms with Gasteiger partial charge in [0.1, 0.15) is 39.2 Å². The average Bonchev–Trinajstić information content (AvgIpc) is 3.55. The normalized spacial score (nSPS) is 11.7. The molecule has 0 N–H and O–H groups in total. The summed E-state index contributed by atoms with van der Waals surface area (Å²) in [6, 6.07) is 52.5. The van der Waals surface area contributed by atoms with Crippen molar-refractivity contribution < 1.29 is 0 Å². The van der Waals surface area contributed by atoms with Gasteiger partial charge in [-0.25, -0.2) is 9.97 Å². The molecule has 0 radical (unpaired) electrons. The molecule has 10 aromatic rings. The second-order valence-electron chi connectivity index (χ2n) is 14.8. The molecule has 0 saturated heterocycles. The van der Waals surface area contributed by atoms with Gasteiger partial charge in [0.2, 0.25) is 5.95 Å².